The van der Waals surface area contributed by atoms with Crippen molar-refractivity contribution in [1.82, 2.24) is 0 Å². The summed E-state index contributed by atoms with van der Waals surface area (Å²) < 4.78 is 6.18. The van der Waals surface area contributed by atoms with Crippen LogP contribution in [0.1, 0.15) is 72.6 Å². The lowest BCUT2D eigenvalue weighted by molar-refractivity contribution is -0.137. The Labute approximate surface area is 150 Å². The van der Waals surface area contributed by atoms with E-state index in [1.807, 2.05) is 6.08 Å². The lowest BCUT2D eigenvalue weighted by Crippen LogP contribution is -2.54. The molecular weight excluding hydrogens is 312 g/mol. The van der Waals surface area contributed by atoms with Crippen LogP contribution < -0.4 is 0 Å². The molecule has 1 saturated heterocycles. The molecule has 5 aliphatic rings. The number of ketones is 2. The van der Waals surface area contributed by atoms with Crippen molar-refractivity contribution in [3.63, 3.8) is 0 Å². The molecule has 0 radical (unpaired) electrons. The van der Waals surface area contributed by atoms with E-state index in [-0.39, 0.29) is 22.2 Å². The lowest BCUT2D eigenvalue weighted by atomic mass is 9.46. The van der Waals surface area contributed by atoms with E-state index in [1.165, 1.54) is 18.4 Å². The van der Waals surface area contributed by atoms with Crippen molar-refractivity contribution in [3.8, 4) is 0 Å². The summed E-state index contributed by atoms with van der Waals surface area (Å²) >= 11 is 0. The Balaban J connectivity index is 1.54. The molecule has 1 aliphatic heterocycles. The third kappa shape index (κ3) is 1.63. The van der Waals surface area contributed by atoms with Gasteiger partial charge in [0.1, 0.15) is 5.60 Å². The number of allylic oxidation sites excluding steroid dienone is 1. The normalized spacial score (nSPS) is 56.2. The SMILES string of the molecule is CC(=O)[C@@]12O[C@]1(C)C[C@H]1[C@@H]3CCC4=CC(=O)CC[C@]4(C)[C@H]3CC[C@@]12C. The van der Waals surface area contributed by atoms with E-state index in [1.54, 1.807) is 6.92 Å². The summed E-state index contributed by atoms with van der Waals surface area (Å²) in [5.74, 6) is 2.50. The van der Waals surface area contributed by atoms with E-state index >= 15 is 0 Å². The van der Waals surface area contributed by atoms with Crippen molar-refractivity contribution in [2.24, 2.45) is 28.6 Å². The van der Waals surface area contributed by atoms with Crippen LogP contribution in [0.4, 0.5) is 0 Å². The standard InChI is InChI=1S/C22H30O3/c1-13(23)22-20(3)10-8-17-16(18(20)12-21(22,4)25-22)6-5-14-11-15(24)7-9-19(14,17)2/h11,16-18H,5-10,12H2,1-4H3/t16-,17+,18+,19+,20+,21-,22+/m1/s1. The zero-order chi connectivity index (χ0) is 17.8. The van der Waals surface area contributed by atoms with Gasteiger partial charge in [-0.25, -0.2) is 0 Å². The van der Waals surface area contributed by atoms with Gasteiger partial charge in [0.05, 0.1) is 0 Å². The van der Waals surface area contributed by atoms with Gasteiger partial charge in [0.25, 0.3) is 0 Å². The molecule has 0 N–H and O–H groups in total. The van der Waals surface area contributed by atoms with Crippen molar-refractivity contribution in [2.45, 2.75) is 83.8 Å². The van der Waals surface area contributed by atoms with Crippen LogP contribution >= 0.6 is 0 Å². The molecule has 0 amide bonds. The molecule has 136 valence electrons. The van der Waals surface area contributed by atoms with Crippen molar-refractivity contribution in [3.05, 3.63) is 11.6 Å². The fourth-order valence-corrected chi connectivity index (χ4v) is 8.18. The first-order valence-electron chi connectivity index (χ1n) is 10.1. The molecule has 3 saturated carbocycles. The van der Waals surface area contributed by atoms with Gasteiger partial charge >= 0.3 is 0 Å². The topological polar surface area (TPSA) is 46.7 Å². The third-order valence-electron chi connectivity index (χ3n) is 9.34. The van der Waals surface area contributed by atoms with Crippen LogP contribution in [-0.4, -0.2) is 22.8 Å². The molecule has 4 aliphatic carbocycles. The number of carbonyl (C=O) groups is 2. The molecule has 3 nitrogen and oxygen atoms in total. The minimum atomic E-state index is -0.519. The summed E-state index contributed by atoms with van der Waals surface area (Å²) in [6, 6.07) is 0. The van der Waals surface area contributed by atoms with E-state index in [0.717, 1.165) is 25.7 Å². The number of hydrogen-bond donors (Lipinski definition) is 0. The summed E-state index contributed by atoms with van der Waals surface area (Å²) in [5.41, 5.74) is 0.870. The Kier molecular flexibility index (Phi) is 2.90. The second-order valence-corrected chi connectivity index (χ2v) is 10.2. The van der Waals surface area contributed by atoms with Crippen LogP contribution in [0.15, 0.2) is 11.6 Å². The maximum atomic E-state index is 12.6. The molecule has 0 aromatic carbocycles. The van der Waals surface area contributed by atoms with Crippen LogP contribution in [0.3, 0.4) is 0 Å². The first-order valence-corrected chi connectivity index (χ1v) is 10.1. The van der Waals surface area contributed by atoms with Gasteiger partial charge in [-0.1, -0.05) is 19.4 Å². The van der Waals surface area contributed by atoms with Gasteiger partial charge < -0.3 is 4.74 Å². The molecule has 0 aromatic rings. The fourth-order valence-electron chi connectivity index (χ4n) is 8.18. The summed E-state index contributed by atoms with van der Waals surface area (Å²) in [6.07, 6.45) is 9.26. The molecule has 7 atom stereocenters. The maximum absolute atomic E-state index is 12.6. The minimum Gasteiger partial charge on any atom is -0.354 e. The van der Waals surface area contributed by atoms with E-state index in [4.69, 9.17) is 4.74 Å². The Morgan fingerprint density at radius 1 is 1.12 bits per heavy atom. The quantitative estimate of drug-likeness (QED) is 0.670. The van der Waals surface area contributed by atoms with Gasteiger partial charge in [-0.3, -0.25) is 9.59 Å². The largest absolute Gasteiger partial charge is 0.354 e. The highest BCUT2D eigenvalue weighted by Gasteiger charge is 2.85. The van der Waals surface area contributed by atoms with Crippen LogP contribution in [0.2, 0.25) is 0 Å². The van der Waals surface area contributed by atoms with Crippen LogP contribution in [0.5, 0.6) is 0 Å². The zero-order valence-electron chi connectivity index (χ0n) is 16.0. The first-order chi connectivity index (χ1) is 11.7. The Morgan fingerprint density at radius 2 is 1.88 bits per heavy atom. The number of ether oxygens (including phenoxy) is 1. The van der Waals surface area contributed by atoms with Crippen molar-refractivity contribution in [2.75, 3.05) is 0 Å². The lowest BCUT2D eigenvalue weighted by Gasteiger charge is -2.58. The highest BCUT2D eigenvalue weighted by atomic mass is 16.6. The molecule has 0 spiro atoms. The van der Waals surface area contributed by atoms with Crippen LogP contribution in [0, 0.1) is 28.6 Å². The highest BCUT2D eigenvalue weighted by Crippen LogP contribution is 2.77. The molecular formula is C22H30O3. The van der Waals surface area contributed by atoms with Gasteiger partial charge in [0, 0.05) is 11.8 Å². The van der Waals surface area contributed by atoms with Gasteiger partial charge in [0.2, 0.25) is 0 Å². The van der Waals surface area contributed by atoms with Crippen molar-refractivity contribution < 1.29 is 14.3 Å². The Morgan fingerprint density at radius 3 is 2.60 bits per heavy atom. The molecule has 0 unspecified atom stereocenters. The number of Topliss-reactive ketones (excluding diaryl/α,β-unsaturated/α-hetero) is 1. The number of epoxide rings is 1. The average Bonchev–Trinajstić information content (AvgIpc) is 3.13. The summed E-state index contributed by atoms with van der Waals surface area (Å²) in [5, 5.41) is 0. The Hall–Kier alpha value is -0.960. The van der Waals surface area contributed by atoms with Gasteiger partial charge in [-0.05, 0) is 81.6 Å². The number of hydrogen-bond acceptors (Lipinski definition) is 3. The van der Waals surface area contributed by atoms with Crippen LogP contribution in [-0.2, 0) is 14.3 Å². The monoisotopic (exact) mass is 342 g/mol. The van der Waals surface area contributed by atoms with Gasteiger partial charge in [-0.15, -0.1) is 0 Å². The van der Waals surface area contributed by atoms with E-state index < -0.39 is 5.60 Å². The van der Waals surface area contributed by atoms with Crippen molar-refractivity contribution in [1.29, 1.82) is 0 Å². The molecule has 1 heterocycles. The first kappa shape index (κ1) is 16.2. The molecule has 5 rings (SSSR count). The number of rotatable bonds is 1. The average molecular weight is 342 g/mol. The smallest absolute Gasteiger partial charge is 0.165 e. The fraction of sp³-hybridized carbons (Fsp3) is 0.818. The minimum absolute atomic E-state index is 0.00316. The van der Waals surface area contributed by atoms with E-state index in [0.29, 0.717) is 30.0 Å². The molecule has 4 fully saturated rings. The van der Waals surface area contributed by atoms with Gasteiger partial charge in [0.15, 0.2) is 17.2 Å². The Bertz CT molecular complexity index is 723. The third-order valence-corrected chi connectivity index (χ3v) is 9.34. The molecule has 3 heteroatoms. The second-order valence-electron chi connectivity index (χ2n) is 10.2. The summed E-state index contributed by atoms with van der Waals surface area (Å²) in [7, 11) is 0. The van der Waals surface area contributed by atoms with Gasteiger partial charge in [-0.2, -0.15) is 0 Å². The predicted molar refractivity (Wildman–Crippen MR) is 95.0 cm³/mol. The number of carbonyl (C=O) groups excluding carboxylic acids is 2. The maximum Gasteiger partial charge on any atom is 0.165 e. The highest BCUT2D eigenvalue weighted by molar-refractivity contribution is 5.92. The van der Waals surface area contributed by atoms with E-state index in [2.05, 4.69) is 20.8 Å². The van der Waals surface area contributed by atoms with Crippen molar-refractivity contribution >= 4 is 11.6 Å². The summed E-state index contributed by atoms with van der Waals surface area (Å²) in [6.45, 7) is 8.66. The predicted octanol–water partition coefficient (Wildman–Crippen LogP) is 4.24. The van der Waals surface area contributed by atoms with E-state index in [9.17, 15) is 9.59 Å². The molecule has 0 aromatic heterocycles. The molecule has 25 heavy (non-hydrogen) atoms. The summed E-state index contributed by atoms with van der Waals surface area (Å²) in [4.78, 5) is 24.5. The van der Waals surface area contributed by atoms with Crippen LogP contribution in [0.25, 0.3) is 0 Å². The molecule has 0 bridgehead atoms. The number of fused-ring (bicyclic) bond motifs is 7. The zero-order valence-corrected chi connectivity index (χ0v) is 16.0. The second kappa shape index (κ2) is 4.47.